The molecule has 18 heavy (non-hydrogen) atoms. The van der Waals surface area contributed by atoms with Crippen LogP contribution in [0.25, 0.3) is 0 Å². The first kappa shape index (κ1) is 13.2. The summed E-state index contributed by atoms with van der Waals surface area (Å²) in [4.78, 5) is -1.48. The number of hydrogen-bond donors (Lipinski definition) is 0. The maximum Gasteiger partial charge on any atom is 0.401 e. The quantitative estimate of drug-likeness (QED) is 0.493. The minimum atomic E-state index is -4.22. The lowest BCUT2D eigenvalue weighted by Crippen LogP contribution is -2.54. The SMILES string of the molecule is FC12C[C@H]3C[C@@H](C1)CC(CC(Br)C(F)(F)F)(C3)C2. The highest BCUT2D eigenvalue weighted by atomic mass is 79.9. The highest BCUT2D eigenvalue weighted by Gasteiger charge is 2.59. The van der Waals surface area contributed by atoms with Crippen molar-refractivity contribution in [1.82, 2.24) is 0 Å². The fraction of sp³-hybridized carbons (Fsp3) is 1.00. The van der Waals surface area contributed by atoms with Crippen molar-refractivity contribution >= 4 is 15.9 Å². The molecule has 0 amide bonds. The van der Waals surface area contributed by atoms with Gasteiger partial charge in [-0.25, -0.2) is 4.39 Å². The number of alkyl halides is 5. The summed E-state index contributed by atoms with van der Waals surface area (Å²) in [6.45, 7) is 0. The van der Waals surface area contributed by atoms with Crippen LogP contribution in [0, 0.1) is 17.3 Å². The van der Waals surface area contributed by atoms with Crippen LogP contribution in [0.4, 0.5) is 17.6 Å². The zero-order chi connectivity index (χ0) is 13.2. The summed E-state index contributed by atoms with van der Waals surface area (Å²) in [5.41, 5.74) is -1.56. The summed E-state index contributed by atoms with van der Waals surface area (Å²) in [6.07, 6.45) is -0.00527. The van der Waals surface area contributed by atoms with Gasteiger partial charge in [0.25, 0.3) is 0 Å². The molecule has 0 aliphatic heterocycles. The van der Waals surface area contributed by atoms with Gasteiger partial charge >= 0.3 is 6.18 Å². The highest BCUT2D eigenvalue weighted by Crippen LogP contribution is 2.65. The fourth-order valence-electron chi connectivity index (χ4n) is 5.07. The third-order valence-electron chi connectivity index (χ3n) is 5.08. The van der Waals surface area contributed by atoms with Crippen molar-refractivity contribution in [2.24, 2.45) is 17.3 Å². The van der Waals surface area contributed by atoms with Crippen LogP contribution < -0.4 is 0 Å². The van der Waals surface area contributed by atoms with E-state index in [1.54, 1.807) is 0 Å². The highest BCUT2D eigenvalue weighted by molar-refractivity contribution is 9.09. The molecular weight excluding hydrogens is 312 g/mol. The van der Waals surface area contributed by atoms with E-state index in [0.717, 1.165) is 19.3 Å². The number of halogens is 5. The summed E-state index contributed by atoms with van der Waals surface area (Å²) >= 11 is 2.76. The number of hydrogen-bond acceptors (Lipinski definition) is 0. The Hall–Kier alpha value is 0.200. The Balaban J connectivity index is 1.79. The van der Waals surface area contributed by atoms with Crippen LogP contribution in [0.2, 0.25) is 0 Å². The largest absolute Gasteiger partial charge is 0.401 e. The normalized spacial score (nSPS) is 48.5. The van der Waals surface area contributed by atoms with Gasteiger partial charge in [-0.1, -0.05) is 15.9 Å². The third-order valence-corrected chi connectivity index (χ3v) is 5.92. The van der Waals surface area contributed by atoms with Gasteiger partial charge in [0.1, 0.15) is 10.5 Å². The van der Waals surface area contributed by atoms with Crippen LogP contribution >= 0.6 is 15.9 Å². The van der Waals surface area contributed by atoms with Gasteiger partial charge in [-0.2, -0.15) is 13.2 Å². The van der Waals surface area contributed by atoms with E-state index in [2.05, 4.69) is 15.9 Å². The molecule has 4 rings (SSSR count). The smallest absolute Gasteiger partial charge is 0.244 e. The lowest BCUT2D eigenvalue weighted by molar-refractivity contribution is -0.160. The Kier molecular flexibility index (Phi) is 2.83. The Morgan fingerprint density at radius 2 is 1.67 bits per heavy atom. The Bertz CT molecular complexity index is 337. The summed E-state index contributed by atoms with van der Waals surface area (Å²) in [6, 6.07) is 0. The van der Waals surface area contributed by atoms with Crippen molar-refractivity contribution < 1.29 is 17.6 Å². The van der Waals surface area contributed by atoms with Crippen molar-refractivity contribution in [1.29, 1.82) is 0 Å². The van der Waals surface area contributed by atoms with Gasteiger partial charge < -0.3 is 0 Å². The van der Waals surface area contributed by atoms with Crippen molar-refractivity contribution in [2.45, 2.75) is 61.6 Å². The maximum atomic E-state index is 14.6. The van der Waals surface area contributed by atoms with Crippen LogP contribution in [-0.2, 0) is 0 Å². The second-order valence-electron chi connectivity index (χ2n) is 6.83. The van der Waals surface area contributed by atoms with Crippen molar-refractivity contribution in [3.63, 3.8) is 0 Å². The fourth-order valence-corrected chi connectivity index (χ4v) is 5.76. The van der Waals surface area contributed by atoms with Gasteiger partial charge in [0.2, 0.25) is 0 Å². The zero-order valence-electron chi connectivity index (χ0n) is 10.1. The minimum absolute atomic E-state index is 0.0508. The van der Waals surface area contributed by atoms with Crippen LogP contribution in [0.5, 0.6) is 0 Å². The topological polar surface area (TPSA) is 0 Å². The molecule has 0 radical (unpaired) electrons. The molecule has 0 saturated heterocycles. The van der Waals surface area contributed by atoms with Gasteiger partial charge in [0, 0.05) is 0 Å². The standard InChI is InChI=1S/C13H17BrF4/c14-10(13(16,17)18)6-11-2-8-1-9(3-11)5-12(15,4-8)7-11/h8-10H,1-7H2/t8-,9+,10?,11?,12?. The Morgan fingerprint density at radius 1 is 1.11 bits per heavy atom. The summed E-state index contributed by atoms with van der Waals surface area (Å²) in [5, 5.41) is 0. The molecule has 0 aromatic rings. The van der Waals surface area contributed by atoms with Crippen LogP contribution in [0.1, 0.15) is 44.9 Å². The Labute approximate surface area is 113 Å². The molecular formula is C13H17BrF4. The molecule has 104 valence electrons. The van der Waals surface area contributed by atoms with Gasteiger partial charge in [0.05, 0.1) is 0 Å². The van der Waals surface area contributed by atoms with Crippen molar-refractivity contribution in [3.8, 4) is 0 Å². The molecule has 0 aromatic heterocycles. The minimum Gasteiger partial charge on any atom is -0.244 e. The summed E-state index contributed by atoms with van der Waals surface area (Å²) in [7, 11) is 0. The first-order chi connectivity index (χ1) is 8.20. The van der Waals surface area contributed by atoms with Gasteiger partial charge in [-0.15, -0.1) is 0 Å². The lowest BCUT2D eigenvalue weighted by Gasteiger charge is -2.59. The van der Waals surface area contributed by atoms with E-state index in [9.17, 15) is 17.6 Å². The van der Waals surface area contributed by atoms with E-state index >= 15 is 0 Å². The van der Waals surface area contributed by atoms with Crippen LogP contribution in [0.15, 0.2) is 0 Å². The van der Waals surface area contributed by atoms with E-state index in [0.29, 0.717) is 31.1 Å². The molecule has 0 aromatic carbocycles. The van der Waals surface area contributed by atoms with Crippen molar-refractivity contribution in [3.05, 3.63) is 0 Å². The molecule has 5 heteroatoms. The maximum absolute atomic E-state index is 14.6. The molecule has 4 aliphatic carbocycles. The summed E-state index contributed by atoms with van der Waals surface area (Å²) in [5.74, 6) is 0.647. The molecule has 4 saturated carbocycles. The summed E-state index contributed by atoms with van der Waals surface area (Å²) < 4.78 is 52.6. The van der Waals surface area contributed by atoms with Crippen molar-refractivity contribution in [2.75, 3.05) is 0 Å². The second-order valence-corrected chi connectivity index (χ2v) is 7.93. The van der Waals surface area contributed by atoms with E-state index in [1.807, 2.05) is 0 Å². The molecule has 4 bridgehead atoms. The molecule has 0 heterocycles. The molecule has 4 fully saturated rings. The van der Waals surface area contributed by atoms with E-state index < -0.39 is 22.1 Å². The average Bonchev–Trinajstić information content (AvgIpc) is 2.10. The first-order valence-corrected chi connectivity index (χ1v) is 7.51. The molecule has 4 aliphatic rings. The van der Waals surface area contributed by atoms with Crippen LogP contribution in [-0.4, -0.2) is 16.7 Å². The van der Waals surface area contributed by atoms with Gasteiger partial charge in [-0.3, -0.25) is 0 Å². The lowest BCUT2D eigenvalue weighted by atomic mass is 9.47. The predicted octanol–water partition coefficient (Wildman–Crippen LogP) is 5.01. The molecule has 5 atom stereocenters. The van der Waals surface area contributed by atoms with E-state index in [-0.39, 0.29) is 6.42 Å². The molecule has 0 nitrogen and oxygen atoms in total. The monoisotopic (exact) mass is 328 g/mol. The van der Waals surface area contributed by atoms with E-state index in [1.165, 1.54) is 0 Å². The molecule has 3 unspecified atom stereocenters. The zero-order valence-corrected chi connectivity index (χ0v) is 11.7. The predicted molar refractivity (Wildman–Crippen MR) is 64.3 cm³/mol. The second kappa shape index (κ2) is 3.86. The third kappa shape index (κ3) is 2.20. The Morgan fingerprint density at radius 3 is 2.11 bits per heavy atom. The van der Waals surface area contributed by atoms with E-state index in [4.69, 9.17) is 0 Å². The van der Waals surface area contributed by atoms with Gasteiger partial charge in [0.15, 0.2) is 0 Å². The number of rotatable bonds is 2. The molecule has 0 N–H and O–H groups in total. The van der Waals surface area contributed by atoms with Gasteiger partial charge in [-0.05, 0) is 62.2 Å². The average molecular weight is 329 g/mol. The first-order valence-electron chi connectivity index (χ1n) is 6.60. The van der Waals surface area contributed by atoms with Crippen LogP contribution in [0.3, 0.4) is 0 Å². The molecule has 0 spiro atoms.